The van der Waals surface area contributed by atoms with Crippen LogP contribution in [0.5, 0.6) is 0 Å². The average Bonchev–Trinajstić information content (AvgIpc) is 2.71. The van der Waals surface area contributed by atoms with Gasteiger partial charge >= 0.3 is 0 Å². The van der Waals surface area contributed by atoms with E-state index in [9.17, 15) is 4.79 Å². The molecule has 0 saturated carbocycles. The second-order valence-electron chi connectivity index (χ2n) is 4.62. The minimum absolute atomic E-state index is 0.0328. The number of carbonyl (C=O) groups is 1. The molecule has 1 aromatic heterocycles. The quantitative estimate of drug-likeness (QED) is 0.877. The van der Waals surface area contributed by atoms with Crippen molar-refractivity contribution in [2.75, 3.05) is 7.05 Å². The van der Waals surface area contributed by atoms with Gasteiger partial charge in [0.25, 0.3) is 0 Å². The fourth-order valence-corrected chi connectivity index (χ4v) is 2.58. The van der Waals surface area contributed by atoms with Crippen LogP contribution in [0.15, 0.2) is 12.1 Å². The van der Waals surface area contributed by atoms with E-state index in [0.717, 1.165) is 6.42 Å². The molecule has 0 bridgehead atoms. The van der Waals surface area contributed by atoms with Crippen molar-refractivity contribution >= 4 is 17.2 Å². The zero-order valence-corrected chi connectivity index (χ0v) is 11.9. The fourth-order valence-electron chi connectivity index (χ4n) is 1.63. The van der Waals surface area contributed by atoms with E-state index in [2.05, 4.69) is 26.0 Å². The van der Waals surface area contributed by atoms with Crippen LogP contribution in [0.2, 0.25) is 0 Å². The van der Waals surface area contributed by atoms with Gasteiger partial charge in [-0.3, -0.25) is 4.79 Å². The maximum Gasteiger partial charge on any atom is 0.239 e. The second-order valence-corrected chi connectivity index (χ2v) is 5.99. The lowest BCUT2D eigenvalue weighted by molar-refractivity contribution is -0.132. The molecule has 1 heterocycles. The Kier molecular flexibility index (Phi) is 5.15. The molecule has 2 atom stereocenters. The van der Waals surface area contributed by atoms with E-state index in [-0.39, 0.29) is 17.9 Å². The van der Waals surface area contributed by atoms with Gasteiger partial charge in [0.05, 0.1) is 12.6 Å². The summed E-state index contributed by atoms with van der Waals surface area (Å²) in [6.07, 6.45) is 0.929. The molecule has 0 radical (unpaired) electrons. The Morgan fingerprint density at radius 1 is 1.53 bits per heavy atom. The first kappa shape index (κ1) is 14.2. The summed E-state index contributed by atoms with van der Waals surface area (Å²) < 4.78 is 0. The van der Waals surface area contributed by atoms with Gasteiger partial charge in [-0.2, -0.15) is 0 Å². The van der Waals surface area contributed by atoms with Crippen LogP contribution >= 0.6 is 11.3 Å². The van der Waals surface area contributed by atoms with Crippen LogP contribution in [0.25, 0.3) is 0 Å². The lowest BCUT2D eigenvalue weighted by Gasteiger charge is -2.24. The molecule has 0 aliphatic carbocycles. The summed E-state index contributed by atoms with van der Waals surface area (Å²) in [5, 5.41) is 0. The molecular formula is C13H22N2OS. The van der Waals surface area contributed by atoms with Crippen molar-refractivity contribution in [3.05, 3.63) is 21.9 Å². The predicted molar refractivity (Wildman–Crippen MR) is 73.0 cm³/mol. The molecule has 3 nitrogen and oxygen atoms in total. The third kappa shape index (κ3) is 3.82. The summed E-state index contributed by atoms with van der Waals surface area (Å²) in [5.74, 6) is 0.264. The number of rotatable bonds is 5. The summed E-state index contributed by atoms with van der Waals surface area (Å²) in [6, 6.07) is 3.76. The number of nitrogens with two attached hydrogens (primary N) is 1. The molecule has 17 heavy (non-hydrogen) atoms. The van der Waals surface area contributed by atoms with Crippen LogP contribution in [0, 0.1) is 12.8 Å². The number of amides is 1. The second kappa shape index (κ2) is 6.17. The van der Waals surface area contributed by atoms with Crippen LogP contribution in [-0.2, 0) is 11.3 Å². The van der Waals surface area contributed by atoms with Crippen LogP contribution in [-0.4, -0.2) is 23.9 Å². The van der Waals surface area contributed by atoms with E-state index in [4.69, 9.17) is 5.73 Å². The molecule has 0 saturated heterocycles. The maximum atomic E-state index is 12.1. The van der Waals surface area contributed by atoms with Crippen molar-refractivity contribution in [1.82, 2.24) is 4.90 Å². The Hall–Kier alpha value is -0.870. The number of thiophene rings is 1. The molecule has 0 fully saturated rings. The van der Waals surface area contributed by atoms with Crippen LogP contribution in [0.3, 0.4) is 0 Å². The first-order valence-corrected chi connectivity index (χ1v) is 6.83. The van der Waals surface area contributed by atoms with Gasteiger partial charge in [0.2, 0.25) is 5.91 Å². The standard InChI is InChI=1S/C13H22N2OS/c1-5-9(2)12(14)13(16)15(4)8-11-7-6-10(3)17-11/h6-7,9,12H,5,8,14H2,1-4H3. The van der Waals surface area contributed by atoms with E-state index < -0.39 is 0 Å². The Labute approximate surface area is 108 Å². The molecular weight excluding hydrogens is 232 g/mol. The van der Waals surface area contributed by atoms with Gasteiger partial charge in [-0.15, -0.1) is 11.3 Å². The lowest BCUT2D eigenvalue weighted by Crippen LogP contribution is -2.45. The van der Waals surface area contributed by atoms with E-state index in [1.807, 2.05) is 14.0 Å². The topological polar surface area (TPSA) is 46.3 Å². The van der Waals surface area contributed by atoms with E-state index in [0.29, 0.717) is 6.54 Å². The molecule has 2 N–H and O–H groups in total. The van der Waals surface area contributed by atoms with Crippen molar-refractivity contribution in [3.8, 4) is 0 Å². The molecule has 1 rings (SSSR count). The fraction of sp³-hybridized carbons (Fsp3) is 0.615. The first-order chi connectivity index (χ1) is 7.95. The van der Waals surface area contributed by atoms with Crippen molar-refractivity contribution in [2.24, 2.45) is 11.7 Å². The van der Waals surface area contributed by atoms with E-state index in [1.54, 1.807) is 16.2 Å². The van der Waals surface area contributed by atoms with Crippen molar-refractivity contribution in [1.29, 1.82) is 0 Å². The summed E-state index contributed by atoms with van der Waals surface area (Å²) in [7, 11) is 1.82. The molecule has 1 aromatic rings. The average molecular weight is 254 g/mol. The van der Waals surface area contributed by atoms with Crippen LogP contribution < -0.4 is 5.73 Å². The van der Waals surface area contributed by atoms with Gasteiger partial charge in [0.1, 0.15) is 0 Å². The van der Waals surface area contributed by atoms with E-state index in [1.165, 1.54) is 9.75 Å². The largest absolute Gasteiger partial charge is 0.339 e. The Balaban J connectivity index is 2.58. The Morgan fingerprint density at radius 3 is 2.65 bits per heavy atom. The molecule has 4 heteroatoms. The van der Waals surface area contributed by atoms with Gasteiger partial charge in [0.15, 0.2) is 0 Å². The van der Waals surface area contributed by atoms with Crippen molar-refractivity contribution in [2.45, 2.75) is 39.8 Å². The first-order valence-electron chi connectivity index (χ1n) is 6.01. The third-order valence-electron chi connectivity index (χ3n) is 3.11. The minimum Gasteiger partial charge on any atom is -0.339 e. The van der Waals surface area contributed by atoms with E-state index >= 15 is 0 Å². The zero-order valence-electron chi connectivity index (χ0n) is 11.1. The minimum atomic E-state index is -0.383. The third-order valence-corrected chi connectivity index (χ3v) is 4.09. The molecule has 0 spiro atoms. The monoisotopic (exact) mass is 254 g/mol. The molecule has 2 unspecified atom stereocenters. The summed E-state index contributed by atoms with van der Waals surface area (Å²) >= 11 is 1.72. The maximum absolute atomic E-state index is 12.1. The SMILES string of the molecule is CCC(C)C(N)C(=O)N(C)Cc1ccc(C)s1. The van der Waals surface area contributed by atoms with Gasteiger partial charge in [-0.1, -0.05) is 20.3 Å². The number of likely N-dealkylation sites (N-methyl/N-ethyl adjacent to an activating group) is 1. The number of hydrogen-bond acceptors (Lipinski definition) is 3. The Morgan fingerprint density at radius 2 is 2.18 bits per heavy atom. The molecule has 0 aliphatic rings. The van der Waals surface area contributed by atoms with Gasteiger partial charge in [-0.25, -0.2) is 0 Å². The highest BCUT2D eigenvalue weighted by Crippen LogP contribution is 2.17. The van der Waals surface area contributed by atoms with Crippen LogP contribution in [0.1, 0.15) is 30.0 Å². The summed E-state index contributed by atoms with van der Waals surface area (Å²) in [4.78, 5) is 16.3. The van der Waals surface area contributed by atoms with Gasteiger partial charge in [-0.05, 0) is 25.0 Å². The van der Waals surface area contributed by atoms with Crippen LogP contribution in [0.4, 0.5) is 0 Å². The summed E-state index contributed by atoms with van der Waals surface area (Å²) in [6.45, 7) is 6.80. The predicted octanol–water partition coefficient (Wildman–Crippen LogP) is 2.39. The van der Waals surface area contributed by atoms with Gasteiger partial charge in [0, 0.05) is 16.8 Å². The van der Waals surface area contributed by atoms with Crippen molar-refractivity contribution in [3.63, 3.8) is 0 Å². The molecule has 1 amide bonds. The van der Waals surface area contributed by atoms with Gasteiger partial charge < -0.3 is 10.6 Å². The smallest absolute Gasteiger partial charge is 0.239 e. The zero-order chi connectivity index (χ0) is 13.0. The summed E-state index contributed by atoms with van der Waals surface area (Å²) in [5.41, 5.74) is 5.94. The van der Waals surface area contributed by atoms with Crippen molar-refractivity contribution < 1.29 is 4.79 Å². The number of nitrogens with zero attached hydrogens (tertiary/aromatic N) is 1. The number of aryl methyl sites for hydroxylation is 1. The highest BCUT2D eigenvalue weighted by molar-refractivity contribution is 7.11. The molecule has 0 aliphatic heterocycles. The number of hydrogen-bond donors (Lipinski definition) is 1. The molecule has 96 valence electrons. The number of carbonyl (C=O) groups excluding carboxylic acids is 1. The normalized spacial score (nSPS) is 14.4. The highest BCUT2D eigenvalue weighted by Gasteiger charge is 2.22. The Bertz CT molecular complexity index is 375. The highest BCUT2D eigenvalue weighted by atomic mass is 32.1. The molecule has 0 aromatic carbocycles. The lowest BCUT2D eigenvalue weighted by atomic mass is 9.99.